The average Bonchev–Trinajstić information content (AvgIpc) is 2.49. The van der Waals surface area contributed by atoms with Crippen LogP contribution in [0.2, 0.25) is 0 Å². The molecular weight excluding hydrogens is 234 g/mol. The molecule has 2 heteroatoms. The van der Waals surface area contributed by atoms with Crippen molar-refractivity contribution >= 4 is 12.3 Å². The molecule has 0 saturated carbocycles. The zero-order valence-corrected chi connectivity index (χ0v) is 11.0. The fourth-order valence-electron chi connectivity index (χ4n) is 1.67. The SMILES string of the molecule is COc1ccc(/C=C/C=NCc2ccccc2)cc1. The van der Waals surface area contributed by atoms with Crippen molar-refractivity contribution in [2.75, 3.05) is 7.11 Å². The summed E-state index contributed by atoms with van der Waals surface area (Å²) >= 11 is 0. The zero-order valence-electron chi connectivity index (χ0n) is 11.0. The molecule has 0 radical (unpaired) electrons. The van der Waals surface area contributed by atoms with Crippen LogP contribution in [-0.4, -0.2) is 13.3 Å². The number of ether oxygens (including phenoxy) is 1. The maximum Gasteiger partial charge on any atom is 0.118 e. The van der Waals surface area contributed by atoms with Crippen LogP contribution in [-0.2, 0) is 6.54 Å². The Bertz CT molecular complexity index is 541. The third-order valence-corrected chi connectivity index (χ3v) is 2.71. The van der Waals surface area contributed by atoms with Gasteiger partial charge in [-0.3, -0.25) is 4.99 Å². The van der Waals surface area contributed by atoms with Crippen molar-refractivity contribution in [3.63, 3.8) is 0 Å². The Hall–Kier alpha value is -2.35. The molecule has 0 aliphatic rings. The molecule has 0 bridgehead atoms. The number of allylic oxidation sites excluding steroid dienone is 1. The lowest BCUT2D eigenvalue weighted by Gasteiger charge is -1.98. The van der Waals surface area contributed by atoms with E-state index in [-0.39, 0.29) is 0 Å². The van der Waals surface area contributed by atoms with Gasteiger partial charge in [0.1, 0.15) is 5.75 Å². The molecule has 2 rings (SSSR count). The first-order valence-corrected chi connectivity index (χ1v) is 6.23. The highest BCUT2D eigenvalue weighted by atomic mass is 16.5. The smallest absolute Gasteiger partial charge is 0.118 e. The van der Waals surface area contributed by atoms with Crippen LogP contribution in [0.5, 0.6) is 5.75 Å². The van der Waals surface area contributed by atoms with Crippen LogP contribution >= 0.6 is 0 Å². The van der Waals surface area contributed by atoms with Gasteiger partial charge in [0.15, 0.2) is 0 Å². The first kappa shape index (κ1) is 13.1. The molecule has 96 valence electrons. The molecule has 0 N–H and O–H groups in total. The van der Waals surface area contributed by atoms with E-state index in [1.54, 1.807) is 7.11 Å². The number of rotatable bonds is 5. The van der Waals surface area contributed by atoms with Crippen molar-refractivity contribution in [3.8, 4) is 5.75 Å². The second-order valence-corrected chi connectivity index (χ2v) is 4.11. The number of methoxy groups -OCH3 is 1. The van der Waals surface area contributed by atoms with Gasteiger partial charge in [-0.2, -0.15) is 0 Å². The Kier molecular flexibility index (Phi) is 4.94. The highest BCUT2D eigenvalue weighted by Gasteiger charge is 1.89. The van der Waals surface area contributed by atoms with E-state index in [1.165, 1.54) is 5.56 Å². The van der Waals surface area contributed by atoms with Crippen molar-refractivity contribution in [2.45, 2.75) is 6.54 Å². The molecule has 0 atom stereocenters. The van der Waals surface area contributed by atoms with E-state index in [0.717, 1.165) is 11.3 Å². The molecule has 0 aliphatic carbocycles. The van der Waals surface area contributed by atoms with Gasteiger partial charge in [0.05, 0.1) is 13.7 Å². The van der Waals surface area contributed by atoms with E-state index in [4.69, 9.17) is 4.74 Å². The summed E-state index contributed by atoms with van der Waals surface area (Å²) in [4.78, 5) is 4.35. The molecule has 2 aromatic rings. The molecule has 2 aromatic carbocycles. The monoisotopic (exact) mass is 251 g/mol. The van der Waals surface area contributed by atoms with Crippen LogP contribution in [0.3, 0.4) is 0 Å². The van der Waals surface area contributed by atoms with Gasteiger partial charge in [-0.1, -0.05) is 48.5 Å². The van der Waals surface area contributed by atoms with Crippen molar-refractivity contribution in [1.29, 1.82) is 0 Å². The van der Waals surface area contributed by atoms with Crippen molar-refractivity contribution < 1.29 is 4.74 Å². The first-order valence-electron chi connectivity index (χ1n) is 6.23. The van der Waals surface area contributed by atoms with Crippen molar-refractivity contribution in [1.82, 2.24) is 0 Å². The van der Waals surface area contributed by atoms with Gasteiger partial charge in [-0.05, 0) is 29.3 Å². The number of hydrogen-bond donors (Lipinski definition) is 0. The molecule has 0 aromatic heterocycles. The van der Waals surface area contributed by atoms with Gasteiger partial charge < -0.3 is 4.74 Å². The van der Waals surface area contributed by atoms with Gasteiger partial charge in [0.2, 0.25) is 0 Å². The normalized spacial score (nSPS) is 11.2. The summed E-state index contributed by atoms with van der Waals surface area (Å²) in [7, 11) is 1.67. The molecule has 0 fully saturated rings. The summed E-state index contributed by atoms with van der Waals surface area (Å²) in [5.74, 6) is 0.870. The minimum Gasteiger partial charge on any atom is -0.497 e. The van der Waals surface area contributed by atoms with E-state index in [0.29, 0.717) is 6.54 Å². The lowest BCUT2D eigenvalue weighted by atomic mass is 10.2. The molecule has 0 amide bonds. The minimum atomic E-state index is 0.716. The Morgan fingerprint density at radius 3 is 2.42 bits per heavy atom. The third-order valence-electron chi connectivity index (χ3n) is 2.71. The predicted octanol–water partition coefficient (Wildman–Crippen LogP) is 3.98. The Balaban J connectivity index is 1.85. The fourth-order valence-corrected chi connectivity index (χ4v) is 1.67. The van der Waals surface area contributed by atoms with E-state index in [1.807, 2.05) is 60.8 Å². The van der Waals surface area contributed by atoms with Crippen LogP contribution in [0.25, 0.3) is 6.08 Å². The lowest BCUT2D eigenvalue weighted by molar-refractivity contribution is 0.415. The lowest BCUT2D eigenvalue weighted by Crippen LogP contribution is -1.81. The summed E-state index contributed by atoms with van der Waals surface area (Å²) in [6, 6.07) is 18.1. The summed E-state index contributed by atoms with van der Waals surface area (Å²) in [6.45, 7) is 0.716. The van der Waals surface area contributed by atoms with Gasteiger partial charge in [0, 0.05) is 6.21 Å². The molecule has 0 aliphatic heterocycles. The summed E-state index contributed by atoms with van der Waals surface area (Å²) in [6.07, 6.45) is 5.80. The average molecular weight is 251 g/mol. The number of benzene rings is 2. The van der Waals surface area contributed by atoms with Crippen LogP contribution < -0.4 is 4.74 Å². The Labute approximate surface area is 114 Å². The summed E-state index contributed by atoms with van der Waals surface area (Å²) < 4.78 is 5.11. The molecule has 19 heavy (non-hydrogen) atoms. The van der Waals surface area contributed by atoms with Gasteiger partial charge in [-0.15, -0.1) is 0 Å². The van der Waals surface area contributed by atoms with E-state index < -0.39 is 0 Å². The molecule has 0 unspecified atom stereocenters. The molecule has 0 saturated heterocycles. The van der Waals surface area contributed by atoms with Gasteiger partial charge in [-0.25, -0.2) is 0 Å². The summed E-state index contributed by atoms with van der Waals surface area (Å²) in [5, 5.41) is 0. The molecule has 0 heterocycles. The number of aliphatic imine (C=N–C) groups is 1. The van der Waals surface area contributed by atoms with E-state index in [2.05, 4.69) is 17.1 Å². The van der Waals surface area contributed by atoms with Crippen molar-refractivity contribution in [3.05, 3.63) is 71.8 Å². The topological polar surface area (TPSA) is 21.6 Å². The largest absolute Gasteiger partial charge is 0.497 e. The molecule has 2 nitrogen and oxygen atoms in total. The van der Waals surface area contributed by atoms with Crippen LogP contribution in [0.4, 0.5) is 0 Å². The second kappa shape index (κ2) is 7.17. The standard InChI is InChI=1S/C17H17NO/c1-19-17-11-9-15(10-12-17)8-5-13-18-14-16-6-3-2-4-7-16/h2-13H,14H2,1H3/b8-5+,18-13?. The van der Waals surface area contributed by atoms with Crippen molar-refractivity contribution in [2.24, 2.45) is 4.99 Å². The Morgan fingerprint density at radius 2 is 1.74 bits per heavy atom. The highest BCUT2D eigenvalue weighted by molar-refractivity contribution is 5.78. The fraction of sp³-hybridized carbons (Fsp3) is 0.118. The second-order valence-electron chi connectivity index (χ2n) is 4.11. The Morgan fingerprint density at radius 1 is 1.00 bits per heavy atom. The maximum atomic E-state index is 5.11. The molecular formula is C17H17NO. The van der Waals surface area contributed by atoms with Crippen LogP contribution in [0, 0.1) is 0 Å². The van der Waals surface area contributed by atoms with E-state index in [9.17, 15) is 0 Å². The zero-order chi connectivity index (χ0) is 13.3. The highest BCUT2D eigenvalue weighted by Crippen LogP contribution is 2.11. The number of nitrogens with zero attached hydrogens (tertiary/aromatic N) is 1. The van der Waals surface area contributed by atoms with Gasteiger partial charge >= 0.3 is 0 Å². The first-order chi connectivity index (χ1) is 9.38. The quantitative estimate of drug-likeness (QED) is 0.736. The third kappa shape index (κ3) is 4.43. The number of hydrogen-bond acceptors (Lipinski definition) is 2. The van der Waals surface area contributed by atoms with E-state index >= 15 is 0 Å². The maximum absolute atomic E-state index is 5.11. The van der Waals surface area contributed by atoms with Crippen LogP contribution in [0.15, 0.2) is 65.7 Å². The minimum absolute atomic E-state index is 0.716. The molecule has 0 spiro atoms. The van der Waals surface area contributed by atoms with Crippen LogP contribution in [0.1, 0.15) is 11.1 Å². The summed E-state index contributed by atoms with van der Waals surface area (Å²) in [5.41, 5.74) is 2.35. The van der Waals surface area contributed by atoms with Gasteiger partial charge in [0.25, 0.3) is 0 Å². The predicted molar refractivity (Wildman–Crippen MR) is 80.7 cm³/mol.